The first-order chi connectivity index (χ1) is 14.2. The number of benzene rings is 2. The number of hydrogen-bond donors (Lipinski definition) is 1. The average Bonchev–Trinajstić information content (AvgIpc) is 2.73. The summed E-state index contributed by atoms with van der Waals surface area (Å²) >= 11 is 0. The van der Waals surface area contributed by atoms with E-state index in [1.54, 1.807) is 11.8 Å². The summed E-state index contributed by atoms with van der Waals surface area (Å²) in [5.41, 5.74) is 4.41. The predicted molar refractivity (Wildman–Crippen MR) is 120 cm³/mol. The molecule has 1 N–H and O–H groups in total. The molecule has 0 saturated heterocycles. The number of aryl methyl sites for hydroxylation is 3. The molecule has 5 heteroatoms. The van der Waals surface area contributed by atoms with Crippen molar-refractivity contribution in [1.29, 1.82) is 0 Å². The van der Waals surface area contributed by atoms with Crippen molar-refractivity contribution in [3.8, 4) is 5.75 Å². The fraction of sp³-hybridized carbons (Fsp3) is 0.440. The van der Waals surface area contributed by atoms with E-state index in [0.717, 1.165) is 23.1 Å². The second kappa shape index (κ2) is 10.8. The molecular weight excluding hydrogens is 376 g/mol. The minimum absolute atomic E-state index is 0.0584. The van der Waals surface area contributed by atoms with E-state index in [2.05, 4.69) is 5.32 Å². The van der Waals surface area contributed by atoms with Gasteiger partial charge in [-0.15, -0.1) is 0 Å². The highest BCUT2D eigenvalue weighted by Crippen LogP contribution is 2.17. The van der Waals surface area contributed by atoms with Gasteiger partial charge in [-0.3, -0.25) is 9.59 Å². The Balaban J connectivity index is 2.15. The maximum absolute atomic E-state index is 13.1. The lowest BCUT2D eigenvalue weighted by Gasteiger charge is -2.29. The Bertz CT molecular complexity index is 861. The number of nitrogens with zero attached hydrogens (tertiary/aromatic N) is 1. The first kappa shape index (κ1) is 23.5. The molecule has 0 fully saturated rings. The summed E-state index contributed by atoms with van der Waals surface area (Å²) in [7, 11) is 0. The van der Waals surface area contributed by atoms with Gasteiger partial charge in [0, 0.05) is 12.6 Å². The molecule has 0 aliphatic rings. The molecule has 0 aliphatic carbocycles. The molecular formula is C25H34N2O3. The third kappa shape index (κ3) is 6.61. The summed E-state index contributed by atoms with van der Waals surface area (Å²) in [5, 5.41) is 2.97. The Morgan fingerprint density at radius 1 is 1.00 bits per heavy atom. The van der Waals surface area contributed by atoms with Gasteiger partial charge >= 0.3 is 0 Å². The van der Waals surface area contributed by atoms with Gasteiger partial charge in [-0.1, -0.05) is 42.8 Å². The lowest BCUT2D eigenvalue weighted by molar-refractivity contribution is -0.142. The SMILES string of the molecule is CC[C@H](C)NC(=O)[C@@H](C)N(Cc1ccc(C)cc1)C(=O)COc1ccc(C)c(C)c1. The zero-order valence-corrected chi connectivity index (χ0v) is 19.0. The fourth-order valence-electron chi connectivity index (χ4n) is 2.97. The maximum Gasteiger partial charge on any atom is 0.261 e. The van der Waals surface area contributed by atoms with Gasteiger partial charge in [0.1, 0.15) is 11.8 Å². The van der Waals surface area contributed by atoms with Crippen LogP contribution in [0, 0.1) is 20.8 Å². The van der Waals surface area contributed by atoms with Crippen molar-refractivity contribution < 1.29 is 14.3 Å². The summed E-state index contributed by atoms with van der Waals surface area (Å²) in [6.45, 7) is 12.0. The minimum Gasteiger partial charge on any atom is -0.484 e. The van der Waals surface area contributed by atoms with Gasteiger partial charge in [0.2, 0.25) is 5.91 Å². The summed E-state index contributed by atoms with van der Waals surface area (Å²) in [4.78, 5) is 27.4. The Morgan fingerprint density at radius 2 is 1.67 bits per heavy atom. The van der Waals surface area contributed by atoms with Crippen molar-refractivity contribution in [2.45, 2.75) is 66.6 Å². The Morgan fingerprint density at radius 3 is 2.27 bits per heavy atom. The zero-order chi connectivity index (χ0) is 22.3. The topological polar surface area (TPSA) is 58.6 Å². The lowest BCUT2D eigenvalue weighted by atomic mass is 10.1. The standard InChI is InChI=1S/C25H34N2O3/c1-7-20(5)26-25(29)21(6)27(15-22-11-8-17(2)9-12-22)24(28)16-30-23-13-10-18(3)19(4)14-23/h8-14,20-21H,7,15-16H2,1-6H3,(H,26,29)/t20-,21+/m0/s1. The number of carbonyl (C=O) groups excluding carboxylic acids is 2. The van der Waals surface area contributed by atoms with Crippen LogP contribution in [0.25, 0.3) is 0 Å². The van der Waals surface area contributed by atoms with E-state index >= 15 is 0 Å². The van der Waals surface area contributed by atoms with Crippen molar-refractivity contribution >= 4 is 11.8 Å². The molecule has 2 aromatic carbocycles. The molecule has 0 heterocycles. The third-order valence-corrected chi connectivity index (χ3v) is 5.48. The summed E-state index contributed by atoms with van der Waals surface area (Å²) < 4.78 is 5.75. The second-order valence-electron chi connectivity index (χ2n) is 8.04. The summed E-state index contributed by atoms with van der Waals surface area (Å²) in [5.74, 6) is 0.273. The van der Waals surface area contributed by atoms with Crippen LogP contribution in [0.4, 0.5) is 0 Å². The highest BCUT2D eigenvalue weighted by molar-refractivity contribution is 5.88. The van der Waals surface area contributed by atoms with E-state index in [1.165, 1.54) is 5.56 Å². The Kier molecular flexibility index (Phi) is 8.46. The molecule has 2 amide bonds. The zero-order valence-electron chi connectivity index (χ0n) is 19.0. The third-order valence-electron chi connectivity index (χ3n) is 5.48. The molecule has 0 spiro atoms. The van der Waals surface area contributed by atoms with Gasteiger partial charge in [0.05, 0.1) is 0 Å². The number of carbonyl (C=O) groups is 2. The highest BCUT2D eigenvalue weighted by Gasteiger charge is 2.27. The largest absolute Gasteiger partial charge is 0.484 e. The molecule has 0 aromatic heterocycles. The van der Waals surface area contributed by atoms with Gasteiger partial charge in [-0.25, -0.2) is 0 Å². The molecule has 0 bridgehead atoms. The molecule has 0 aliphatic heterocycles. The normalized spacial score (nSPS) is 12.7. The molecule has 2 atom stereocenters. The second-order valence-corrected chi connectivity index (χ2v) is 8.04. The van der Waals surface area contributed by atoms with Gasteiger partial charge in [-0.2, -0.15) is 0 Å². The molecule has 2 aromatic rings. The van der Waals surface area contributed by atoms with E-state index in [1.807, 2.05) is 77.1 Å². The van der Waals surface area contributed by atoms with Crippen LogP contribution >= 0.6 is 0 Å². The minimum atomic E-state index is -0.601. The summed E-state index contributed by atoms with van der Waals surface area (Å²) in [6, 6.07) is 13.2. The van der Waals surface area contributed by atoms with Crippen LogP contribution in [0.15, 0.2) is 42.5 Å². The van der Waals surface area contributed by atoms with Crippen LogP contribution in [0.3, 0.4) is 0 Å². The quantitative estimate of drug-likeness (QED) is 0.670. The van der Waals surface area contributed by atoms with Gasteiger partial charge in [0.15, 0.2) is 6.61 Å². The molecule has 5 nitrogen and oxygen atoms in total. The number of nitrogens with one attached hydrogen (secondary N) is 1. The molecule has 30 heavy (non-hydrogen) atoms. The van der Waals surface area contributed by atoms with Crippen LogP contribution < -0.4 is 10.1 Å². The van der Waals surface area contributed by atoms with Crippen LogP contribution in [-0.4, -0.2) is 35.4 Å². The molecule has 0 radical (unpaired) electrons. The smallest absolute Gasteiger partial charge is 0.261 e. The van der Waals surface area contributed by atoms with Gasteiger partial charge < -0.3 is 15.0 Å². The van der Waals surface area contributed by atoms with E-state index in [-0.39, 0.29) is 24.5 Å². The van der Waals surface area contributed by atoms with Gasteiger partial charge in [0.25, 0.3) is 5.91 Å². The number of rotatable bonds is 9. The van der Waals surface area contributed by atoms with Crippen LogP contribution in [0.5, 0.6) is 5.75 Å². The number of hydrogen-bond acceptors (Lipinski definition) is 3. The van der Waals surface area contributed by atoms with Crippen molar-refractivity contribution in [2.24, 2.45) is 0 Å². The fourth-order valence-corrected chi connectivity index (χ4v) is 2.97. The summed E-state index contributed by atoms with van der Waals surface area (Å²) in [6.07, 6.45) is 0.834. The van der Waals surface area contributed by atoms with Crippen molar-refractivity contribution in [1.82, 2.24) is 10.2 Å². The van der Waals surface area contributed by atoms with Crippen LogP contribution in [0.2, 0.25) is 0 Å². The van der Waals surface area contributed by atoms with E-state index < -0.39 is 6.04 Å². The van der Waals surface area contributed by atoms with E-state index in [9.17, 15) is 9.59 Å². The number of amides is 2. The molecule has 0 unspecified atom stereocenters. The van der Waals surface area contributed by atoms with Gasteiger partial charge in [-0.05, 0) is 69.9 Å². The lowest BCUT2D eigenvalue weighted by Crippen LogP contribution is -2.50. The van der Waals surface area contributed by atoms with E-state index in [4.69, 9.17) is 4.74 Å². The first-order valence-electron chi connectivity index (χ1n) is 10.6. The van der Waals surface area contributed by atoms with Crippen molar-refractivity contribution in [3.63, 3.8) is 0 Å². The van der Waals surface area contributed by atoms with Crippen LogP contribution in [0.1, 0.15) is 49.4 Å². The molecule has 2 rings (SSSR count). The molecule has 162 valence electrons. The maximum atomic E-state index is 13.1. The molecule has 0 saturated carbocycles. The first-order valence-corrected chi connectivity index (χ1v) is 10.6. The monoisotopic (exact) mass is 410 g/mol. The van der Waals surface area contributed by atoms with Crippen molar-refractivity contribution in [2.75, 3.05) is 6.61 Å². The van der Waals surface area contributed by atoms with E-state index in [0.29, 0.717) is 12.3 Å². The predicted octanol–water partition coefficient (Wildman–Crippen LogP) is 4.32. The van der Waals surface area contributed by atoms with Crippen LogP contribution in [-0.2, 0) is 16.1 Å². The van der Waals surface area contributed by atoms with Crippen molar-refractivity contribution in [3.05, 3.63) is 64.7 Å². The number of ether oxygens (including phenoxy) is 1. The average molecular weight is 411 g/mol. The Labute approximate surface area is 180 Å². The highest BCUT2D eigenvalue weighted by atomic mass is 16.5. The Hall–Kier alpha value is -2.82.